The van der Waals surface area contributed by atoms with Gasteiger partial charge in [-0.3, -0.25) is 4.79 Å². The van der Waals surface area contributed by atoms with Crippen LogP contribution in [0.4, 0.5) is 5.69 Å². The minimum atomic E-state index is -0.591. The van der Waals surface area contributed by atoms with E-state index in [0.717, 1.165) is 20.6 Å². The number of aryl methyl sites for hydroxylation is 1. The number of hydrogen-bond donors (Lipinski definition) is 1. The molecule has 0 aliphatic heterocycles. The summed E-state index contributed by atoms with van der Waals surface area (Å²) in [4.78, 5) is 12.2. The summed E-state index contributed by atoms with van der Waals surface area (Å²) in [5.74, 6) is 1.20. The van der Waals surface area contributed by atoms with Gasteiger partial charge in [0.2, 0.25) is 0 Å². The van der Waals surface area contributed by atoms with Crippen molar-refractivity contribution in [2.75, 3.05) is 12.4 Å². The van der Waals surface area contributed by atoms with Gasteiger partial charge in [0.05, 0.1) is 7.11 Å². The topological polar surface area (TPSA) is 47.6 Å². The van der Waals surface area contributed by atoms with Crippen molar-refractivity contribution in [2.45, 2.75) is 20.0 Å². The number of carbonyl (C=O) groups is 1. The van der Waals surface area contributed by atoms with E-state index in [1.807, 2.05) is 25.1 Å². The molecule has 22 heavy (non-hydrogen) atoms. The van der Waals surface area contributed by atoms with Crippen LogP contribution in [0.15, 0.2) is 42.5 Å². The standard InChI is InChI=1S/C17H18INO3/c1-11-10-13(18)4-9-16(11)19-17(20)12(2)22-15-7-5-14(21-3)6-8-15/h4-10,12H,1-3H3,(H,19,20)/t12-/m1/s1. The number of carbonyl (C=O) groups excluding carboxylic acids is 1. The summed E-state index contributed by atoms with van der Waals surface area (Å²) in [7, 11) is 1.61. The summed E-state index contributed by atoms with van der Waals surface area (Å²) < 4.78 is 11.9. The van der Waals surface area contributed by atoms with E-state index >= 15 is 0 Å². The quantitative estimate of drug-likeness (QED) is 0.757. The first-order valence-corrected chi connectivity index (χ1v) is 7.95. The maximum Gasteiger partial charge on any atom is 0.265 e. The molecule has 1 atom stereocenters. The van der Waals surface area contributed by atoms with Crippen LogP contribution < -0.4 is 14.8 Å². The Morgan fingerprint density at radius 2 is 1.77 bits per heavy atom. The average Bonchev–Trinajstić information content (AvgIpc) is 2.50. The second-order valence-electron chi connectivity index (χ2n) is 4.88. The summed E-state index contributed by atoms with van der Waals surface area (Å²) in [5.41, 5.74) is 1.83. The normalized spacial score (nSPS) is 11.6. The second kappa shape index (κ2) is 7.49. The molecule has 1 N–H and O–H groups in total. The molecule has 2 aromatic carbocycles. The number of benzene rings is 2. The van der Waals surface area contributed by atoms with Crippen LogP contribution in [0.2, 0.25) is 0 Å². The molecule has 0 bridgehead atoms. The van der Waals surface area contributed by atoms with Crippen molar-refractivity contribution in [2.24, 2.45) is 0 Å². The number of nitrogens with one attached hydrogen (secondary N) is 1. The van der Waals surface area contributed by atoms with E-state index in [-0.39, 0.29) is 5.91 Å². The van der Waals surface area contributed by atoms with Crippen LogP contribution in [0.1, 0.15) is 12.5 Å². The van der Waals surface area contributed by atoms with E-state index in [9.17, 15) is 4.79 Å². The first-order valence-electron chi connectivity index (χ1n) is 6.87. The van der Waals surface area contributed by atoms with E-state index in [1.165, 1.54) is 0 Å². The second-order valence-corrected chi connectivity index (χ2v) is 6.13. The first-order chi connectivity index (χ1) is 10.5. The van der Waals surface area contributed by atoms with Gasteiger partial charge in [-0.15, -0.1) is 0 Å². The van der Waals surface area contributed by atoms with Gasteiger partial charge in [-0.25, -0.2) is 0 Å². The minimum Gasteiger partial charge on any atom is -0.497 e. The van der Waals surface area contributed by atoms with Gasteiger partial charge < -0.3 is 14.8 Å². The van der Waals surface area contributed by atoms with Gasteiger partial charge in [-0.1, -0.05) is 0 Å². The minimum absolute atomic E-state index is 0.180. The van der Waals surface area contributed by atoms with Gasteiger partial charge in [-0.05, 0) is 84.5 Å². The van der Waals surface area contributed by atoms with Crippen LogP contribution in [0.3, 0.4) is 0 Å². The molecule has 0 saturated carbocycles. The highest BCUT2D eigenvalue weighted by Crippen LogP contribution is 2.20. The summed E-state index contributed by atoms with van der Waals surface area (Å²) in [6.07, 6.45) is -0.591. The molecule has 0 aliphatic carbocycles. The molecule has 0 saturated heterocycles. The number of ether oxygens (including phenoxy) is 2. The van der Waals surface area contributed by atoms with E-state index < -0.39 is 6.10 Å². The van der Waals surface area contributed by atoms with Gasteiger partial charge in [-0.2, -0.15) is 0 Å². The van der Waals surface area contributed by atoms with Crippen molar-refractivity contribution in [3.63, 3.8) is 0 Å². The maximum absolute atomic E-state index is 12.2. The fraction of sp³-hybridized carbons (Fsp3) is 0.235. The van der Waals surface area contributed by atoms with Gasteiger partial charge in [0, 0.05) is 9.26 Å². The zero-order chi connectivity index (χ0) is 16.1. The Balaban J connectivity index is 1.99. The third-order valence-electron chi connectivity index (χ3n) is 3.19. The molecule has 2 rings (SSSR count). The molecule has 4 nitrogen and oxygen atoms in total. The molecule has 116 valence electrons. The molecule has 0 fully saturated rings. The SMILES string of the molecule is COc1ccc(O[C@H](C)C(=O)Nc2ccc(I)cc2C)cc1. The van der Waals surface area contributed by atoms with Crippen molar-refractivity contribution in [3.05, 3.63) is 51.6 Å². The van der Waals surface area contributed by atoms with E-state index in [2.05, 4.69) is 27.9 Å². The number of hydrogen-bond acceptors (Lipinski definition) is 3. The Labute approximate surface area is 144 Å². The summed E-state index contributed by atoms with van der Waals surface area (Å²) in [6.45, 7) is 3.69. The molecule has 0 radical (unpaired) electrons. The smallest absolute Gasteiger partial charge is 0.265 e. The highest BCUT2D eigenvalue weighted by Gasteiger charge is 2.15. The maximum atomic E-state index is 12.2. The van der Waals surface area contributed by atoms with Crippen molar-refractivity contribution in [3.8, 4) is 11.5 Å². The molecule has 0 heterocycles. The summed E-state index contributed by atoms with van der Waals surface area (Å²) in [5, 5.41) is 2.89. The fourth-order valence-corrected chi connectivity index (χ4v) is 2.56. The van der Waals surface area contributed by atoms with Gasteiger partial charge >= 0.3 is 0 Å². The van der Waals surface area contributed by atoms with Crippen molar-refractivity contribution in [1.29, 1.82) is 0 Å². The van der Waals surface area contributed by atoms with Gasteiger partial charge in [0.1, 0.15) is 11.5 Å². The van der Waals surface area contributed by atoms with Crippen LogP contribution >= 0.6 is 22.6 Å². The third kappa shape index (κ3) is 4.37. The Hall–Kier alpha value is -1.76. The lowest BCUT2D eigenvalue weighted by Gasteiger charge is -2.16. The molecular weight excluding hydrogens is 393 g/mol. The lowest BCUT2D eigenvalue weighted by atomic mass is 10.2. The predicted molar refractivity (Wildman–Crippen MR) is 95.6 cm³/mol. The van der Waals surface area contributed by atoms with Gasteiger partial charge in [0.25, 0.3) is 5.91 Å². The molecule has 0 aromatic heterocycles. The molecule has 0 spiro atoms. The first kappa shape index (κ1) is 16.6. The Kier molecular flexibility index (Phi) is 5.65. The average molecular weight is 411 g/mol. The van der Waals surface area contributed by atoms with Crippen LogP contribution in [0.25, 0.3) is 0 Å². The molecule has 0 unspecified atom stereocenters. The zero-order valence-corrected chi connectivity index (χ0v) is 14.9. The number of rotatable bonds is 5. The third-order valence-corrected chi connectivity index (χ3v) is 3.86. The molecule has 2 aromatic rings. The summed E-state index contributed by atoms with van der Waals surface area (Å²) >= 11 is 2.24. The van der Waals surface area contributed by atoms with Crippen LogP contribution in [-0.2, 0) is 4.79 Å². The van der Waals surface area contributed by atoms with Crippen molar-refractivity contribution < 1.29 is 14.3 Å². The highest BCUT2D eigenvalue weighted by molar-refractivity contribution is 14.1. The van der Waals surface area contributed by atoms with Gasteiger partial charge in [0.15, 0.2) is 6.10 Å². The highest BCUT2D eigenvalue weighted by atomic mass is 127. The van der Waals surface area contributed by atoms with Crippen LogP contribution in [-0.4, -0.2) is 19.1 Å². The number of anilines is 1. The number of amides is 1. The lowest BCUT2D eigenvalue weighted by Crippen LogP contribution is -2.30. The largest absolute Gasteiger partial charge is 0.497 e. The zero-order valence-electron chi connectivity index (χ0n) is 12.7. The Morgan fingerprint density at radius 1 is 1.14 bits per heavy atom. The monoisotopic (exact) mass is 411 g/mol. The number of methoxy groups -OCH3 is 1. The van der Waals surface area contributed by atoms with E-state index in [1.54, 1.807) is 38.3 Å². The van der Waals surface area contributed by atoms with Crippen LogP contribution in [0, 0.1) is 10.5 Å². The molecular formula is C17H18INO3. The molecule has 0 aliphatic rings. The van der Waals surface area contributed by atoms with Crippen molar-refractivity contribution in [1.82, 2.24) is 0 Å². The lowest BCUT2D eigenvalue weighted by molar-refractivity contribution is -0.122. The Bertz CT molecular complexity index is 655. The summed E-state index contributed by atoms with van der Waals surface area (Å²) in [6, 6.07) is 13.0. The van der Waals surface area contributed by atoms with E-state index in [4.69, 9.17) is 9.47 Å². The molecule has 1 amide bonds. The van der Waals surface area contributed by atoms with E-state index in [0.29, 0.717) is 5.75 Å². The predicted octanol–water partition coefficient (Wildman–Crippen LogP) is 4.01. The number of halogens is 1. The van der Waals surface area contributed by atoms with Crippen molar-refractivity contribution >= 4 is 34.2 Å². The fourth-order valence-electron chi connectivity index (χ4n) is 1.91. The Morgan fingerprint density at radius 3 is 2.36 bits per heavy atom. The molecule has 5 heteroatoms. The van der Waals surface area contributed by atoms with Crippen LogP contribution in [0.5, 0.6) is 11.5 Å².